The second-order valence-electron chi connectivity index (χ2n) is 6.19. The molecule has 0 fully saturated rings. The molecule has 1 heterocycles. The van der Waals surface area contributed by atoms with E-state index in [1.54, 1.807) is 0 Å². The van der Waals surface area contributed by atoms with Gasteiger partial charge in [-0.15, -0.1) is 0 Å². The molecule has 1 amide bonds. The Labute approximate surface area is 143 Å². The van der Waals surface area contributed by atoms with Crippen LogP contribution in [0, 0.1) is 0 Å². The fraction of sp³-hybridized carbons (Fsp3) is 0.350. The minimum Gasteiger partial charge on any atom is -0.356 e. The van der Waals surface area contributed by atoms with E-state index in [0.717, 1.165) is 29.8 Å². The van der Waals surface area contributed by atoms with Gasteiger partial charge in [0.15, 0.2) is 6.23 Å². The minimum atomic E-state index is -0.275. The van der Waals surface area contributed by atoms with Crippen molar-refractivity contribution in [1.29, 1.82) is 0 Å². The quantitative estimate of drug-likeness (QED) is 0.849. The highest BCUT2D eigenvalue weighted by Gasteiger charge is 2.38. The lowest BCUT2D eigenvalue weighted by atomic mass is 9.85. The van der Waals surface area contributed by atoms with Gasteiger partial charge in [-0.05, 0) is 31.0 Å². The molecule has 0 aliphatic carbocycles. The van der Waals surface area contributed by atoms with Crippen molar-refractivity contribution in [3.05, 3.63) is 59.7 Å². The minimum absolute atomic E-state index is 0.0697. The van der Waals surface area contributed by atoms with Gasteiger partial charge in [0.05, 0.1) is 5.60 Å². The molecule has 0 spiro atoms. The van der Waals surface area contributed by atoms with Crippen LogP contribution in [0.15, 0.2) is 48.5 Å². The van der Waals surface area contributed by atoms with Crippen molar-refractivity contribution in [2.45, 2.75) is 45.4 Å². The second-order valence-corrected chi connectivity index (χ2v) is 6.19. The first-order valence-electron chi connectivity index (χ1n) is 8.49. The summed E-state index contributed by atoms with van der Waals surface area (Å²) in [6.07, 6.45) is 1.64. The number of rotatable bonds is 4. The van der Waals surface area contributed by atoms with E-state index in [4.69, 9.17) is 4.74 Å². The smallest absolute Gasteiger partial charge is 0.221 e. The van der Waals surface area contributed by atoms with Crippen molar-refractivity contribution in [2.75, 3.05) is 10.6 Å². The number of fused-ring (bicyclic) bond motifs is 1. The Bertz CT molecular complexity index is 721. The zero-order chi connectivity index (χ0) is 17.2. The summed E-state index contributed by atoms with van der Waals surface area (Å²) in [4.78, 5) is 11.2. The summed E-state index contributed by atoms with van der Waals surface area (Å²) in [6, 6.07) is 16.2. The lowest BCUT2D eigenvalue weighted by Gasteiger charge is -2.43. The van der Waals surface area contributed by atoms with Crippen molar-refractivity contribution in [1.82, 2.24) is 0 Å². The maximum absolute atomic E-state index is 11.2. The van der Waals surface area contributed by atoms with Gasteiger partial charge in [0.25, 0.3) is 0 Å². The third kappa shape index (κ3) is 3.02. The van der Waals surface area contributed by atoms with Gasteiger partial charge in [0.1, 0.15) is 0 Å². The number of carbonyl (C=O) groups is 1. The van der Waals surface area contributed by atoms with Crippen LogP contribution in [0.3, 0.4) is 0 Å². The molecular weight excluding hydrogens is 300 g/mol. The maximum Gasteiger partial charge on any atom is 0.221 e. The van der Waals surface area contributed by atoms with Crippen LogP contribution >= 0.6 is 0 Å². The van der Waals surface area contributed by atoms with Crippen LogP contribution in [-0.2, 0) is 15.1 Å². The number of anilines is 2. The SMILES string of the molecule is CCC1(CC)OC(c2ccc(NC(C)=O)cc2)Nc2ccccc21. The van der Waals surface area contributed by atoms with Gasteiger partial charge in [0.2, 0.25) is 5.91 Å². The predicted molar refractivity (Wildman–Crippen MR) is 96.9 cm³/mol. The molecule has 2 aromatic carbocycles. The standard InChI is InChI=1S/C20H24N2O2/c1-4-20(5-2)17-8-6-7-9-18(17)22-19(24-20)15-10-12-16(13-11-15)21-14(3)23/h6-13,19,22H,4-5H2,1-3H3,(H,21,23). The van der Waals surface area contributed by atoms with E-state index in [2.05, 4.69) is 42.7 Å². The number of hydrogen-bond donors (Lipinski definition) is 2. The summed E-state index contributed by atoms with van der Waals surface area (Å²) in [6.45, 7) is 5.85. The van der Waals surface area contributed by atoms with Gasteiger partial charge in [0, 0.05) is 29.4 Å². The van der Waals surface area contributed by atoms with E-state index in [9.17, 15) is 4.79 Å². The highest BCUT2D eigenvalue weighted by atomic mass is 16.5. The topological polar surface area (TPSA) is 50.4 Å². The molecule has 4 heteroatoms. The van der Waals surface area contributed by atoms with E-state index in [1.807, 2.05) is 30.3 Å². The summed E-state index contributed by atoms with van der Waals surface area (Å²) < 4.78 is 6.51. The molecule has 2 aromatic rings. The molecule has 1 atom stereocenters. The molecule has 4 nitrogen and oxygen atoms in total. The van der Waals surface area contributed by atoms with Crippen LogP contribution < -0.4 is 10.6 Å². The molecule has 3 rings (SSSR count). The van der Waals surface area contributed by atoms with Crippen molar-refractivity contribution in [3.8, 4) is 0 Å². The summed E-state index contributed by atoms with van der Waals surface area (Å²) in [7, 11) is 0. The Hall–Kier alpha value is -2.33. The maximum atomic E-state index is 11.2. The molecule has 126 valence electrons. The number of benzene rings is 2. The van der Waals surface area contributed by atoms with Gasteiger partial charge in [-0.1, -0.05) is 44.2 Å². The predicted octanol–water partition coefficient (Wildman–Crippen LogP) is 4.80. The number of para-hydroxylation sites is 1. The van der Waals surface area contributed by atoms with Crippen LogP contribution in [0.25, 0.3) is 0 Å². The second kappa shape index (κ2) is 6.65. The Morgan fingerprint density at radius 3 is 2.42 bits per heavy atom. The van der Waals surface area contributed by atoms with Crippen LogP contribution in [-0.4, -0.2) is 5.91 Å². The third-order valence-electron chi connectivity index (χ3n) is 4.72. The Morgan fingerprint density at radius 2 is 1.79 bits per heavy atom. The van der Waals surface area contributed by atoms with Gasteiger partial charge in [-0.3, -0.25) is 4.79 Å². The van der Waals surface area contributed by atoms with E-state index in [-0.39, 0.29) is 17.7 Å². The molecule has 0 saturated carbocycles. The normalized spacial score (nSPS) is 18.4. The Kier molecular flexibility index (Phi) is 4.58. The first-order chi connectivity index (χ1) is 11.6. The summed E-state index contributed by atoms with van der Waals surface area (Å²) in [5, 5.41) is 6.28. The Morgan fingerprint density at radius 1 is 1.12 bits per heavy atom. The fourth-order valence-electron chi connectivity index (χ4n) is 3.36. The Balaban J connectivity index is 1.92. The van der Waals surface area contributed by atoms with Crippen molar-refractivity contribution in [2.24, 2.45) is 0 Å². The number of hydrogen-bond acceptors (Lipinski definition) is 3. The fourth-order valence-corrected chi connectivity index (χ4v) is 3.36. The third-order valence-corrected chi connectivity index (χ3v) is 4.72. The number of amides is 1. The van der Waals surface area contributed by atoms with E-state index < -0.39 is 0 Å². The highest BCUT2D eigenvalue weighted by Crippen LogP contribution is 2.45. The number of nitrogens with one attached hydrogen (secondary N) is 2. The molecule has 0 saturated heterocycles. The van der Waals surface area contributed by atoms with Crippen LogP contribution in [0.2, 0.25) is 0 Å². The van der Waals surface area contributed by atoms with Gasteiger partial charge >= 0.3 is 0 Å². The molecule has 0 radical (unpaired) electrons. The van der Waals surface area contributed by atoms with Crippen LogP contribution in [0.5, 0.6) is 0 Å². The zero-order valence-corrected chi connectivity index (χ0v) is 14.4. The van der Waals surface area contributed by atoms with E-state index in [0.29, 0.717) is 0 Å². The van der Waals surface area contributed by atoms with Crippen molar-refractivity contribution < 1.29 is 9.53 Å². The number of ether oxygens (including phenoxy) is 1. The molecule has 1 aliphatic heterocycles. The molecule has 0 bridgehead atoms. The van der Waals surface area contributed by atoms with E-state index in [1.165, 1.54) is 12.5 Å². The average Bonchev–Trinajstić information content (AvgIpc) is 2.61. The van der Waals surface area contributed by atoms with Gasteiger partial charge < -0.3 is 15.4 Å². The first-order valence-corrected chi connectivity index (χ1v) is 8.49. The lowest BCUT2D eigenvalue weighted by Crippen LogP contribution is -2.37. The van der Waals surface area contributed by atoms with Gasteiger partial charge in [-0.25, -0.2) is 0 Å². The van der Waals surface area contributed by atoms with Crippen LogP contribution in [0.4, 0.5) is 11.4 Å². The highest BCUT2D eigenvalue weighted by molar-refractivity contribution is 5.88. The molecular formula is C20H24N2O2. The van der Waals surface area contributed by atoms with Gasteiger partial charge in [-0.2, -0.15) is 0 Å². The molecule has 24 heavy (non-hydrogen) atoms. The largest absolute Gasteiger partial charge is 0.356 e. The molecule has 0 aromatic heterocycles. The summed E-state index contributed by atoms with van der Waals surface area (Å²) >= 11 is 0. The summed E-state index contributed by atoms with van der Waals surface area (Å²) in [5.41, 5.74) is 3.91. The van der Waals surface area contributed by atoms with E-state index >= 15 is 0 Å². The first kappa shape index (κ1) is 16.5. The molecule has 1 unspecified atom stereocenters. The van der Waals surface area contributed by atoms with Crippen LogP contribution in [0.1, 0.15) is 51.0 Å². The summed E-state index contributed by atoms with van der Waals surface area (Å²) in [5.74, 6) is -0.0697. The molecule has 1 aliphatic rings. The number of carbonyl (C=O) groups excluding carboxylic acids is 1. The average molecular weight is 324 g/mol. The lowest BCUT2D eigenvalue weighted by molar-refractivity contribution is -0.114. The van der Waals surface area contributed by atoms with Crippen molar-refractivity contribution in [3.63, 3.8) is 0 Å². The zero-order valence-electron chi connectivity index (χ0n) is 14.4. The monoisotopic (exact) mass is 324 g/mol. The van der Waals surface area contributed by atoms with Crippen molar-refractivity contribution >= 4 is 17.3 Å². The molecule has 2 N–H and O–H groups in total.